The lowest BCUT2D eigenvalue weighted by atomic mass is 10.1. The van der Waals surface area contributed by atoms with Crippen LogP contribution in [0.3, 0.4) is 0 Å². The number of sulfonamides is 1. The number of aryl methyl sites for hydroxylation is 3. The van der Waals surface area contributed by atoms with Gasteiger partial charge in [0.25, 0.3) is 0 Å². The molecule has 0 aliphatic carbocycles. The van der Waals surface area contributed by atoms with Crippen molar-refractivity contribution in [3.05, 3.63) is 58.1 Å². The van der Waals surface area contributed by atoms with Crippen molar-refractivity contribution in [1.29, 1.82) is 0 Å². The van der Waals surface area contributed by atoms with Crippen molar-refractivity contribution in [2.24, 2.45) is 0 Å². The normalized spacial score (nSPS) is 11.4. The monoisotopic (exact) mass is 464 g/mol. The van der Waals surface area contributed by atoms with E-state index in [0.717, 1.165) is 32.8 Å². The molecular formula is C20H21ClN4O3S2. The fourth-order valence-electron chi connectivity index (χ4n) is 3.20. The first-order valence-electron chi connectivity index (χ1n) is 8.99. The third kappa shape index (κ3) is 5.16. The van der Waals surface area contributed by atoms with Gasteiger partial charge < -0.3 is 0 Å². The summed E-state index contributed by atoms with van der Waals surface area (Å²) in [5.41, 5.74) is 3.92. The van der Waals surface area contributed by atoms with E-state index in [4.69, 9.17) is 11.6 Å². The van der Waals surface area contributed by atoms with Gasteiger partial charge in [0, 0.05) is 10.6 Å². The zero-order valence-corrected chi connectivity index (χ0v) is 19.3. The molecule has 1 N–H and O–H groups in total. The van der Waals surface area contributed by atoms with Crippen molar-refractivity contribution in [3.63, 3.8) is 0 Å². The molecule has 0 fully saturated rings. The molecule has 0 aliphatic heterocycles. The van der Waals surface area contributed by atoms with Crippen LogP contribution in [0.25, 0.3) is 10.6 Å². The van der Waals surface area contributed by atoms with Crippen LogP contribution in [-0.2, 0) is 14.8 Å². The third-order valence-corrected chi connectivity index (χ3v) is 6.59. The van der Waals surface area contributed by atoms with Crippen molar-refractivity contribution >= 4 is 49.7 Å². The van der Waals surface area contributed by atoms with E-state index in [2.05, 4.69) is 15.5 Å². The van der Waals surface area contributed by atoms with Crippen molar-refractivity contribution in [2.45, 2.75) is 20.8 Å². The molecule has 7 nitrogen and oxygen atoms in total. The lowest BCUT2D eigenvalue weighted by molar-refractivity contribution is -0.114. The maximum atomic E-state index is 12.6. The number of nitrogens with one attached hydrogen (secondary N) is 1. The average Bonchev–Trinajstić information content (AvgIpc) is 3.08. The van der Waals surface area contributed by atoms with E-state index in [1.807, 2.05) is 45.0 Å². The Labute approximate surface area is 184 Å². The molecule has 10 heteroatoms. The Hall–Kier alpha value is -2.49. The number of nitrogens with zero attached hydrogens (tertiary/aromatic N) is 3. The highest BCUT2D eigenvalue weighted by molar-refractivity contribution is 7.92. The highest BCUT2D eigenvalue weighted by Gasteiger charge is 2.24. The summed E-state index contributed by atoms with van der Waals surface area (Å²) in [4.78, 5) is 12.6. The van der Waals surface area contributed by atoms with Crippen LogP contribution in [0.2, 0.25) is 5.02 Å². The van der Waals surface area contributed by atoms with Gasteiger partial charge in [-0.3, -0.25) is 14.4 Å². The Morgan fingerprint density at radius 1 is 1.10 bits per heavy atom. The number of carbonyl (C=O) groups is 1. The minimum Gasteiger partial charge on any atom is -0.299 e. The van der Waals surface area contributed by atoms with Gasteiger partial charge in [-0.05, 0) is 44.0 Å². The summed E-state index contributed by atoms with van der Waals surface area (Å²) >= 11 is 7.09. The molecule has 0 radical (unpaired) electrons. The largest absolute Gasteiger partial charge is 0.299 e. The van der Waals surface area contributed by atoms with Crippen LogP contribution in [0.5, 0.6) is 0 Å². The topological polar surface area (TPSA) is 92.3 Å². The Balaban J connectivity index is 1.81. The van der Waals surface area contributed by atoms with Gasteiger partial charge >= 0.3 is 0 Å². The molecule has 3 rings (SSSR count). The second-order valence-electron chi connectivity index (χ2n) is 6.98. The molecule has 0 spiro atoms. The maximum Gasteiger partial charge on any atom is 0.246 e. The summed E-state index contributed by atoms with van der Waals surface area (Å²) in [7, 11) is -3.68. The predicted octanol–water partition coefficient (Wildman–Crippen LogP) is 4.19. The Kier molecular flexibility index (Phi) is 6.44. The van der Waals surface area contributed by atoms with E-state index in [-0.39, 0.29) is 11.7 Å². The maximum absolute atomic E-state index is 12.6. The molecule has 0 unspecified atom stereocenters. The first-order chi connectivity index (χ1) is 14.0. The van der Waals surface area contributed by atoms with Crippen LogP contribution in [0.1, 0.15) is 16.7 Å². The van der Waals surface area contributed by atoms with Crippen LogP contribution in [0, 0.1) is 20.8 Å². The number of rotatable bonds is 6. The molecule has 1 aromatic heterocycles. The first kappa shape index (κ1) is 22.2. The molecule has 3 aromatic rings. The molecule has 30 heavy (non-hydrogen) atoms. The van der Waals surface area contributed by atoms with Crippen molar-refractivity contribution < 1.29 is 13.2 Å². The first-order valence-corrected chi connectivity index (χ1v) is 12.0. The quantitative estimate of drug-likeness (QED) is 0.590. The predicted molar refractivity (Wildman–Crippen MR) is 122 cm³/mol. The van der Waals surface area contributed by atoms with Gasteiger partial charge in [-0.15, -0.1) is 10.2 Å². The Morgan fingerprint density at radius 3 is 2.27 bits per heavy atom. The Morgan fingerprint density at radius 2 is 1.70 bits per heavy atom. The fourth-order valence-corrected chi connectivity index (χ4v) is 5.06. The minimum atomic E-state index is -3.68. The summed E-state index contributed by atoms with van der Waals surface area (Å²) < 4.78 is 26.0. The number of hydrogen-bond donors (Lipinski definition) is 1. The molecule has 1 amide bonds. The molecule has 1 heterocycles. The molecule has 0 atom stereocenters. The summed E-state index contributed by atoms with van der Waals surface area (Å²) in [5, 5.41) is 12.2. The minimum absolute atomic E-state index is 0.288. The van der Waals surface area contributed by atoms with Crippen LogP contribution in [-0.4, -0.2) is 37.3 Å². The number of halogens is 1. The number of carbonyl (C=O) groups excluding carboxylic acids is 1. The molecule has 0 aliphatic rings. The lowest BCUT2D eigenvalue weighted by Crippen LogP contribution is -2.38. The van der Waals surface area contributed by atoms with Crippen LogP contribution in [0.15, 0.2) is 36.4 Å². The number of hydrogen-bond acceptors (Lipinski definition) is 6. The summed E-state index contributed by atoms with van der Waals surface area (Å²) in [6.07, 6.45) is 1.09. The number of anilines is 2. The lowest BCUT2D eigenvalue weighted by Gasteiger charge is -2.25. The zero-order chi connectivity index (χ0) is 22.1. The van der Waals surface area contributed by atoms with E-state index in [1.165, 1.54) is 11.3 Å². The van der Waals surface area contributed by atoms with E-state index >= 15 is 0 Å². The highest BCUT2D eigenvalue weighted by atomic mass is 35.5. The van der Waals surface area contributed by atoms with Gasteiger partial charge in [0.15, 0.2) is 0 Å². The van der Waals surface area contributed by atoms with Crippen molar-refractivity contribution in [3.8, 4) is 10.6 Å². The molecule has 0 saturated carbocycles. The van der Waals surface area contributed by atoms with Crippen LogP contribution < -0.4 is 9.62 Å². The van der Waals surface area contributed by atoms with Gasteiger partial charge in [-0.25, -0.2) is 8.42 Å². The van der Waals surface area contributed by atoms with E-state index in [1.54, 1.807) is 12.1 Å². The van der Waals surface area contributed by atoms with Gasteiger partial charge in [0.1, 0.15) is 11.6 Å². The number of aromatic nitrogens is 2. The molecule has 0 saturated heterocycles. The van der Waals surface area contributed by atoms with E-state index in [0.29, 0.717) is 15.7 Å². The second kappa shape index (κ2) is 8.71. The molecular weight excluding hydrogens is 444 g/mol. The summed E-state index contributed by atoms with van der Waals surface area (Å²) in [5.74, 6) is -0.501. The number of benzene rings is 2. The standard InChI is InChI=1S/C20H21ClN4O3S2/c1-12-9-13(2)18(14(3)10-12)25(30(4,27)28)11-17(26)22-20-24-23-19(29-20)15-5-7-16(21)8-6-15/h5-10H,11H2,1-4H3,(H,22,24,26). The molecule has 0 bridgehead atoms. The van der Waals surface area contributed by atoms with E-state index < -0.39 is 15.9 Å². The van der Waals surface area contributed by atoms with Gasteiger partial charge in [0.2, 0.25) is 21.1 Å². The van der Waals surface area contributed by atoms with Crippen molar-refractivity contribution in [2.75, 3.05) is 22.4 Å². The molecule has 158 valence electrons. The average molecular weight is 465 g/mol. The van der Waals surface area contributed by atoms with E-state index in [9.17, 15) is 13.2 Å². The fraction of sp³-hybridized carbons (Fsp3) is 0.250. The van der Waals surface area contributed by atoms with Gasteiger partial charge in [0.05, 0.1) is 11.9 Å². The van der Waals surface area contributed by atoms with Crippen LogP contribution >= 0.6 is 22.9 Å². The highest BCUT2D eigenvalue weighted by Crippen LogP contribution is 2.29. The third-order valence-electron chi connectivity index (χ3n) is 4.33. The molecule has 2 aromatic carbocycles. The SMILES string of the molecule is Cc1cc(C)c(N(CC(=O)Nc2nnc(-c3ccc(Cl)cc3)s2)S(C)(=O)=O)c(C)c1. The van der Waals surface area contributed by atoms with Gasteiger partial charge in [-0.1, -0.05) is 52.8 Å². The van der Waals surface area contributed by atoms with Crippen LogP contribution in [0.4, 0.5) is 10.8 Å². The number of amides is 1. The summed E-state index contributed by atoms with van der Waals surface area (Å²) in [6, 6.07) is 10.9. The zero-order valence-electron chi connectivity index (χ0n) is 16.9. The smallest absolute Gasteiger partial charge is 0.246 e. The van der Waals surface area contributed by atoms with Gasteiger partial charge in [-0.2, -0.15) is 0 Å². The Bertz CT molecular complexity index is 1170. The summed E-state index contributed by atoms with van der Waals surface area (Å²) in [6.45, 7) is 5.23. The van der Waals surface area contributed by atoms with Crippen molar-refractivity contribution in [1.82, 2.24) is 10.2 Å². The second-order valence-corrected chi connectivity index (χ2v) is 10.3.